The van der Waals surface area contributed by atoms with E-state index in [2.05, 4.69) is 62.2 Å². The molecule has 5 rings (SSSR count). The van der Waals surface area contributed by atoms with Crippen molar-refractivity contribution in [1.82, 2.24) is 25.0 Å². The number of rotatable bonds is 4. The number of carbonyl (C=O) groups is 1. The quantitative estimate of drug-likeness (QED) is 0.415. The van der Waals surface area contributed by atoms with Crippen LogP contribution in [0.2, 0.25) is 0 Å². The Morgan fingerprint density at radius 1 is 1.08 bits per heavy atom. The summed E-state index contributed by atoms with van der Waals surface area (Å²) in [6, 6.07) is 9.51. The Kier molecular flexibility index (Phi) is 6.95. The number of aryl methyl sites for hydroxylation is 1. The summed E-state index contributed by atoms with van der Waals surface area (Å²) in [6.45, 7) is 7.18. The number of nitrogens with one attached hydrogen (secondary N) is 2. The minimum absolute atomic E-state index is 0.0156. The summed E-state index contributed by atoms with van der Waals surface area (Å²) in [5.41, 5.74) is 4.18. The molecule has 1 saturated heterocycles. The van der Waals surface area contributed by atoms with Crippen molar-refractivity contribution in [2.24, 2.45) is 0 Å². The van der Waals surface area contributed by atoms with E-state index >= 15 is 0 Å². The second-order valence-corrected chi connectivity index (χ2v) is 9.27. The van der Waals surface area contributed by atoms with Gasteiger partial charge in [-0.25, -0.2) is 8.78 Å². The monoisotopic (exact) mass is 500 g/mol. The van der Waals surface area contributed by atoms with Gasteiger partial charge in [-0.3, -0.25) is 19.8 Å². The number of carbonyl (C=O) groups excluding carboxylic acids is 1. The van der Waals surface area contributed by atoms with Crippen LogP contribution in [0, 0.1) is 30.4 Å². The molecular formula is C28H26F2N6O. The van der Waals surface area contributed by atoms with Crippen LogP contribution < -0.4 is 5.32 Å². The highest BCUT2D eigenvalue weighted by Crippen LogP contribution is 2.21. The van der Waals surface area contributed by atoms with Crippen LogP contribution in [0.15, 0.2) is 48.8 Å². The summed E-state index contributed by atoms with van der Waals surface area (Å²) in [4.78, 5) is 21.8. The minimum atomic E-state index is -0.762. The van der Waals surface area contributed by atoms with E-state index in [9.17, 15) is 13.6 Å². The van der Waals surface area contributed by atoms with Crippen molar-refractivity contribution in [3.05, 3.63) is 88.4 Å². The Bertz CT molecular complexity index is 1530. The van der Waals surface area contributed by atoms with Crippen molar-refractivity contribution >= 4 is 22.5 Å². The third-order valence-corrected chi connectivity index (χ3v) is 6.50. The molecule has 1 aliphatic rings. The number of halogens is 2. The third-order valence-electron chi connectivity index (χ3n) is 6.50. The number of piperazine rings is 1. The van der Waals surface area contributed by atoms with E-state index in [0.717, 1.165) is 44.4 Å². The van der Waals surface area contributed by atoms with Crippen molar-refractivity contribution in [3.63, 3.8) is 0 Å². The smallest absolute Gasteiger partial charge is 0.257 e. The fraction of sp³-hybridized carbons (Fsp3) is 0.250. The van der Waals surface area contributed by atoms with Gasteiger partial charge in [-0.2, -0.15) is 5.10 Å². The van der Waals surface area contributed by atoms with Crippen molar-refractivity contribution in [2.75, 3.05) is 38.5 Å². The predicted molar refractivity (Wildman–Crippen MR) is 138 cm³/mol. The molecule has 0 unspecified atom stereocenters. The first-order valence-electron chi connectivity index (χ1n) is 12.0. The minimum Gasteiger partial charge on any atom is -0.322 e. The van der Waals surface area contributed by atoms with E-state index in [-0.39, 0.29) is 22.5 Å². The van der Waals surface area contributed by atoms with Crippen molar-refractivity contribution in [1.29, 1.82) is 0 Å². The van der Waals surface area contributed by atoms with E-state index in [0.29, 0.717) is 16.8 Å². The summed E-state index contributed by atoms with van der Waals surface area (Å²) in [5, 5.41) is 9.65. The summed E-state index contributed by atoms with van der Waals surface area (Å²) in [5.74, 6) is 3.92. The fourth-order valence-electron chi connectivity index (χ4n) is 4.31. The summed E-state index contributed by atoms with van der Waals surface area (Å²) in [6.07, 6.45) is 2.98. The van der Waals surface area contributed by atoms with Gasteiger partial charge < -0.3 is 10.2 Å². The van der Waals surface area contributed by atoms with Gasteiger partial charge in [-0.15, -0.1) is 0 Å². The molecule has 1 amide bonds. The molecule has 7 nitrogen and oxygen atoms in total. The summed E-state index contributed by atoms with van der Waals surface area (Å²) in [7, 11) is 2.14. The normalized spacial score (nSPS) is 14.4. The first-order valence-corrected chi connectivity index (χ1v) is 12.0. The maximum atomic E-state index is 13.9. The molecule has 0 saturated carbocycles. The standard InChI is InChI=1S/C28H26F2N6O/c1-18-11-23(5-4-20(18)17-36-9-7-35(2)8-10-36)32-28(37)21-12-19(15-31-16-21)3-6-26-24-13-22(29)14-25(30)27(24)34-33-26/h4-5,11-16H,7-10,17H2,1-2H3,(H,32,37)(H,33,34). The predicted octanol–water partition coefficient (Wildman–Crippen LogP) is 3.94. The number of hydrogen-bond acceptors (Lipinski definition) is 5. The van der Waals surface area contributed by atoms with Crippen molar-refractivity contribution < 1.29 is 13.6 Å². The van der Waals surface area contributed by atoms with Crippen LogP contribution in [0.3, 0.4) is 0 Å². The van der Waals surface area contributed by atoms with Crippen LogP contribution in [0.1, 0.15) is 32.7 Å². The number of nitrogens with zero attached hydrogens (tertiary/aromatic N) is 4. The number of benzene rings is 2. The molecule has 0 radical (unpaired) electrons. The molecule has 4 aromatic rings. The molecule has 2 N–H and O–H groups in total. The average Bonchev–Trinajstić information content (AvgIpc) is 3.29. The Hall–Kier alpha value is -4.13. The van der Waals surface area contributed by atoms with Crippen LogP contribution in [0.5, 0.6) is 0 Å². The van der Waals surface area contributed by atoms with E-state index in [1.165, 1.54) is 24.0 Å². The number of amides is 1. The molecular weight excluding hydrogens is 474 g/mol. The van der Waals surface area contributed by atoms with Crippen LogP contribution in [-0.2, 0) is 6.54 Å². The molecule has 0 spiro atoms. The Morgan fingerprint density at radius 3 is 2.68 bits per heavy atom. The lowest BCUT2D eigenvalue weighted by Crippen LogP contribution is -2.43. The molecule has 1 fully saturated rings. The molecule has 0 aliphatic carbocycles. The lowest BCUT2D eigenvalue weighted by molar-refractivity contribution is 0.102. The molecule has 3 heterocycles. The first kappa shape index (κ1) is 24.6. The molecule has 9 heteroatoms. The Morgan fingerprint density at radius 2 is 1.89 bits per heavy atom. The topological polar surface area (TPSA) is 77.1 Å². The van der Waals surface area contributed by atoms with Crippen LogP contribution in [-0.4, -0.2) is 64.1 Å². The van der Waals surface area contributed by atoms with Crippen LogP contribution in [0.25, 0.3) is 10.9 Å². The zero-order chi connectivity index (χ0) is 25.9. The lowest BCUT2D eigenvalue weighted by atomic mass is 10.1. The molecule has 0 atom stereocenters. The van der Waals surface area contributed by atoms with E-state index < -0.39 is 11.6 Å². The number of H-pyrrole nitrogens is 1. The number of aromatic amines is 1. The molecule has 2 aromatic heterocycles. The number of anilines is 1. The zero-order valence-electron chi connectivity index (χ0n) is 20.6. The summed E-state index contributed by atoms with van der Waals surface area (Å²) >= 11 is 0. The van der Waals surface area contributed by atoms with Gasteiger partial charge in [0.15, 0.2) is 5.82 Å². The van der Waals surface area contributed by atoms with E-state index in [1.807, 2.05) is 12.1 Å². The Balaban J connectivity index is 1.27. The van der Waals surface area contributed by atoms with Gasteiger partial charge in [-0.1, -0.05) is 12.0 Å². The second-order valence-electron chi connectivity index (χ2n) is 9.27. The number of hydrogen-bond donors (Lipinski definition) is 2. The van der Waals surface area contributed by atoms with Crippen molar-refractivity contribution in [2.45, 2.75) is 13.5 Å². The highest BCUT2D eigenvalue weighted by atomic mass is 19.1. The second kappa shape index (κ2) is 10.5. The van der Waals surface area contributed by atoms with Gasteiger partial charge in [0.05, 0.1) is 5.56 Å². The number of pyridine rings is 1. The zero-order valence-corrected chi connectivity index (χ0v) is 20.6. The van der Waals surface area contributed by atoms with Gasteiger partial charge in [-0.05, 0) is 55.3 Å². The van der Waals surface area contributed by atoms with Crippen molar-refractivity contribution in [3.8, 4) is 11.8 Å². The third kappa shape index (κ3) is 5.66. The Labute approximate surface area is 213 Å². The van der Waals surface area contributed by atoms with Crippen LogP contribution in [0.4, 0.5) is 14.5 Å². The SMILES string of the molecule is Cc1cc(NC(=O)c2cncc(C#Cc3[nH]nc4c(F)cc(F)cc34)c2)ccc1CN1CCN(C)CC1. The first-order chi connectivity index (χ1) is 17.9. The van der Waals surface area contributed by atoms with Gasteiger partial charge in [0.1, 0.15) is 17.0 Å². The molecule has 0 bridgehead atoms. The fourth-order valence-corrected chi connectivity index (χ4v) is 4.31. The highest BCUT2D eigenvalue weighted by Gasteiger charge is 2.15. The number of aromatic nitrogens is 3. The molecule has 2 aromatic carbocycles. The van der Waals surface area contributed by atoms with Gasteiger partial charge >= 0.3 is 0 Å². The molecule has 1 aliphatic heterocycles. The highest BCUT2D eigenvalue weighted by molar-refractivity contribution is 6.04. The van der Waals surface area contributed by atoms with E-state index in [4.69, 9.17) is 0 Å². The van der Waals surface area contributed by atoms with Gasteiger partial charge in [0.25, 0.3) is 5.91 Å². The number of likely N-dealkylation sites (N-methyl/N-ethyl adjacent to an activating group) is 1. The van der Waals surface area contributed by atoms with E-state index in [1.54, 1.807) is 6.07 Å². The lowest BCUT2D eigenvalue weighted by Gasteiger charge is -2.32. The van der Waals surface area contributed by atoms with Gasteiger partial charge in [0, 0.05) is 67.8 Å². The summed E-state index contributed by atoms with van der Waals surface area (Å²) < 4.78 is 27.5. The van der Waals surface area contributed by atoms with Gasteiger partial charge in [0.2, 0.25) is 0 Å². The largest absolute Gasteiger partial charge is 0.322 e. The maximum Gasteiger partial charge on any atom is 0.257 e. The van der Waals surface area contributed by atoms with Crippen LogP contribution >= 0.6 is 0 Å². The maximum absolute atomic E-state index is 13.9. The molecule has 37 heavy (non-hydrogen) atoms. The number of fused-ring (bicyclic) bond motifs is 1. The molecule has 188 valence electrons. The average molecular weight is 501 g/mol.